The molecule has 32 heavy (non-hydrogen) atoms. The van der Waals surface area contributed by atoms with E-state index >= 15 is 0 Å². The lowest BCUT2D eigenvalue weighted by Gasteiger charge is -2.25. The summed E-state index contributed by atoms with van der Waals surface area (Å²) in [6.45, 7) is 2.18. The highest BCUT2D eigenvalue weighted by molar-refractivity contribution is 9.10. The van der Waals surface area contributed by atoms with Crippen molar-refractivity contribution in [1.82, 2.24) is 0 Å². The number of sulfonamides is 1. The molecule has 0 bridgehead atoms. The van der Waals surface area contributed by atoms with Gasteiger partial charge in [-0.1, -0.05) is 22.4 Å². The van der Waals surface area contributed by atoms with E-state index in [-0.39, 0.29) is 35.3 Å². The van der Waals surface area contributed by atoms with Gasteiger partial charge in [0.1, 0.15) is 10.6 Å². The van der Waals surface area contributed by atoms with E-state index in [1.807, 2.05) is 0 Å². The number of carbonyl (C=O) groups excluding carboxylic acids is 1. The first-order chi connectivity index (χ1) is 15.2. The Balaban J connectivity index is 2.32. The lowest BCUT2D eigenvalue weighted by molar-refractivity contribution is -0.385. The minimum absolute atomic E-state index is 0.0139. The summed E-state index contributed by atoms with van der Waals surface area (Å²) in [5.74, 6) is -0.272. The van der Waals surface area contributed by atoms with Crippen LogP contribution in [0.1, 0.15) is 32.6 Å². The number of benzene rings is 2. The molecule has 0 spiro atoms. The molecule has 0 radical (unpaired) electrons. The Morgan fingerprint density at radius 1 is 1.12 bits per heavy atom. The highest BCUT2D eigenvalue weighted by Gasteiger charge is 2.30. The predicted molar refractivity (Wildman–Crippen MR) is 123 cm³/mol. The number of halogens is 1. The van der Waals surface area contributed by atoms with Crippen molar-refractivity contribution < 1.29 is 27.6 Å². The molecule has 2 aromatic rings. The van der Waals surface area contributed by atoms with E-state index in [1.165, 1.54) is 23.5 Å². The number of methoxy groups -OCH3 is 1. The first-order valence-electron chi connectivity index (χ1n) is 9.97. The fourth-order valence-electron chi connectivity index (χ4n) is 3.03. The van der Waals surface area contributed by atoms with Gasteiger partial charge >= 0.3 is 5.97 Å². The number of rotatable bonds is 12. The maximum Gasteiger partial charge on any atom is 0.305 e. The number of ether oxygens (including phenoxy) is 2. The zero-order valence-electron chi connectivity index (χ0n) is 17.8. The Labute approximate surface area is 195 Å². The van der Waals surface area contributed by atoms with Crippen LogP contribution in [0.4, 0.5) is 11.4 Å². The molecule has 0 aromatic heterocycles. The van der Waals surface area contributed by atoms with Crippen molar-refractivity contribution in [3.63, 3.8) is 0 Å². The molecular weight excluding hydrogens is 504 g/mol. The Bertz CT molecular complexity index is 1040. The second kappa shape index (κ2) is 11.8. The van der Waals surface area contributed by atoms with Crippen LogP contribution in [-0.4, -0.2) is 39.6 Å². The average Bonchev–Trinajstić information content (AvgIpc) is 2.76. The summed E-state index contributed by atoms with van der Waals surface area (Å²) in [6.07, 6.45) is 1.91. The fraction of sp³-hybridized carbons (Fsp3) is 0.381. The minimum atomic E-state index is -4.18. The van der Waals surface area contributed by atoms with Gasteiger partial charge in [0.25, 0.3) is 15.7 Å². The Morgan fingerprint density at radius 3 is 2.41 bits per heavy atom. The molecular formula is C21H25BrN2O7S. The summed E-state index contributed by atoms with van der Waals surface area (Å²) in [5.41, 5.74) is 0.0571. The van der Waals surface area contributed by atoms with Gasteiger partial charge < -0.3 is 9.47 Å². The third kappa shape index (κ3) is 6.67. The quantitative estimate of drug-likeness (QED) is 0.170. The van der Waals surface area contributed by atoms with E-state index in [4.69, 9.17) is 9.47 Å². The monoisotopic (exact) mass is 528 g/mol. The van der Waals surface area contributed by atoms with Crippen molar-refractivity contribution in [2.45, 2.75) is 37.5 Å². The number of hydrogen-bond donors (Lipinski definition) is 0. The molecule has 9 nitrogen and oxygen atoms in total. The Morgan fingerprint density at radius 2 is 1.81 bits per heavy atom. The van der Waals surface area contributed by atoms with Gasteiger partial charge in [0.05, 0.1) is 24.3 Å². The normalized spacial score (nSPS) is 11.1. The van der Waals surface area contributed by atoms with Crippen LogP contribution in [0.25, 0.3) is 0 Å². The van der Waals surface area contributed by atoms with Gasteiger partial charge in [-0.15, -0.1) is 0 Å². The van der Waals surface area contributed by atoms with Crippen LogP contribution in [0.2, 0.25) is 0 Å². The van der Waals surface area contributed by atoms with Crippen molar-refractivity contribution in [3.8, 4) is 5.75 Å². The number of esters is 1. The lowest BCUT2D eigenvalue weighted by atomic mass is 10.2. The van der Waals surface area contributed by atoms with Crippen LogP contribution in [-0.2, 0) is 19.6 Å². The van der Waals surface area contributed by atoms with E-state index in [9.17, 15) is 23.3 Å². The smallest absolute Gasteiger partial charge is 0.305 e. The van der Waals surface area contributed by atoms with Gasteiger partial charge in [-0.25, -0.2) is 8.42 Å². The summed E-state index contributed by atoms with van der Waals surface area (Å²) in [4.78, 5) is 21.8. The van der Waals surface area contributed by atoms with Crippen LogP contribution in [0.3, 0.4) is 0 Å². The van der Waals surface area contributed by atoms with Crippen LogP contribution in [0.5, 0.6) is 5.75 Å². The molecule has 0 heterocycles. The molecule has 0 fully saturated rings. The highest BCUT2D eigenvalue weighted by Crippen LogP contribution is 2.33. The fourth-order valence-corrected chi connectivity index (χ4v) is 4.98. The highest BCUT2D eigenvalue weighted by atomic mass is 79.9. The molecule has 0 amide bonds. The maximum absolute atomic E-state index is 13.6. The predicted octanol–water partition coefficient (Wildman–Crippen LogP) is 4.68. The van der Waals surface area contributed by atoms with E-state index in [1.54, 1.807) is 31.2 Å². The number of nitro benzene ring substituents is 1. The SMILES string of the molecule is CCOC(=O)CCCCCN(c1ccc(Br)cc1)S(=O)(=O)c1cc([N+](=O)[O-])ccc1OC. The molecule has 0 N–H and O–H groups in total. The average molecular weight is 529 g/mol. The number of non-ortho nitro benzene ring substituents is 1. The van der Waals surface area contributed by atoms with Crippen LogP contribution < -0.4 is 9.04 Å². The molecule has 0 saturated heterocycles. The van der Waals surface area contributed by atoms with Gasteiger partial charge in [-0.05, 0) is 50.1 Å². The molecule has 2 aromatic carbocycles. The van der Waals surface area contributed by atoms with Crippen LogP contribution in [0, 0.1) is 10.1 Å². The second-order valence-electron chi connectivity index (χ2n) is 6.76. The van der Waals surface area contributed by atoms with E-state index < -0.39 is 14.9 Å². The van der Waals surface area contributed by atoms with Crippen molar-refractivity contribution in [3.05, 3.63) is 57.1 Å². The standard InChI is InChI=1S/C21H25BrN2O7S/c1-3-31-21(25)7-5-4-6-14-23(17-10-8-16(22)9-11-17)32(28,29)20-15-18(24(26)27)12-13-19(20)30-2/h8-13,15H,3-7,14H2,1-2H3. The molecule has 0 aliphatic heterocycles. The molecule has 2 rings (SSSR count). The third-order valence-electron chi connectivity index (χ3n) is 4.59. The van der Waals surface area contributed by atoms with Crippen LogP contribution >= 0.6 is 15.9 Å². The van der Waals surface area contributed by atoms with Gasteiger partial charge in [0, 0.05) is 29.6 Å². The summed E-state index contributed by atoms with van der Waals surface area (Å²) >= 11 is 3.33. The summed E-state index contributed by atoms with van der Waals surface area (Å²) in [6, 6.07) is 10.2. The number of anilines is 1. The topological polar surface area (TPSA) is 116 Å². The van der Waals surface area contributed by atoms with E-state index in [0.29, 0.717) is 31.6 Å². The van der Waals surface area contributed by atoms with Crippen LogP contribution in [0.15, 0.2) is 51.8 Å². The van der Waals surface area contributed by atoms with Crippen molar-refractivity contribution in [2.75, 3.05) is 24.6 Å². The van der Waals surface area contributed by atoms with Gasteiger partial charge in [-0.2, -0.15) is 0 Å². The molecule has 174 valence electrons. The van der Waals surface area contributed by atoms with Gasteiger partial charge in [-0.3, -0.25) is 19.2 Å². The minimum Gasteiger partial charge on any atom is -0.495 e. The summed E-state index contributed by atoms with van der Waals surface area (Å²) in [5, 5.41) is 11.2. The van der Waals surface area contributed by atoms with Gasteiger partial charge in [0.2, 0.25) is 0 Å². The van der Waals surface area contributed by atoms with Crippen molar-refractivity contribution >= 4 is 43.3 Å². The molecule has 11 heteroatoms. The lowest BCUT2D eigenvalue weighted by Crippen LogP contribution is -2.32. The molecule has 0 unspecified atom stereocenters. The maximum atomic E-state index is 13.6. The zero-order chi connectivity index (χ0) is 23.7. The molecule has 0 aliphatic carbocycles. The second-order valence-corrected chi connectivity index (χ2v) is 9.51. The van der Waals surface area contributed by atoms with E-state index in [2.05, 4.69) is 15.9 Å². The number of nitrogens with zero attached hydrogens (tertiary/aromatic N) is 2. The Kier molecular flexibility index (Phi) is 9.45. The first-order valence-corrected chi connectivity index (χ1v) is 12.2. The Hall–Kier alpha value is -2.66. The number of carbonyl (C=O) groups is 1. The molecule has 0 aliphatic rings. The van der Waals surface area contributed by atoms with Crippen molar-refractivity contribution in [1.29, 1.82) is 0 Å². The molecule has 0 saturated carbocycles. The van der Waals surface area contributed by atoms with Crippen molar-refractivity contribution in [2.24, 2.45) is 0 Å². The number of unbranched alkanes of at least 4 members (excludes halogenated alkanes) is 2. The third-order valence-corrected chi connectivity index (χ3v) is 6.97. The summed E-state index contributed by atoms with van der Waals surface area (Å²) < 4.78 is 39.2. The first kappa shape index (κ1) is 25.6. The largest absolute Gasteiger partial charge is 0.495 e. The zero-order valence-corrected chi connectivity index (χ0v) is 20.2. The molecule has 0 atom stereocenters. The van der Waals surface area contributed by atoms with Gasteiger partial charge in [0.15, 0.2) is 0 Å². The number of hydrogen-bond acceptors (Lipinski definition) is 7. The van der Waals surface area contributed by atoms with E-state index in [0.717, 1.165) is 10.5 Å². The number of nitro groups is 1. The summed E-state index contributed by atoms with van der Waals surface area (Å²) in [7, 11) is -2.88.